The van der Waals surface area contributed by atoms with Crippen LogP contribution in [0.4, 0.5) is 14.5 Å². The predicted molar refractivity (Wildman–Crippen MR) is 112 cm³/mol. The van der Waals surface area contributed by atoms with Gasteiger partial charge in [-0.1, -0.05) is 0 Å². The molecule has 0 spiro atoms. The fourth-order valence-corrected chi connectivity index (χ4v) is 3.90. The normalized spacial score (nSPS) is 12.8. The number of fused-ring (bicyclic) bond motifs is 1. The van der Waals surface area contributed by atoms with Crippen molar-refractivity contribution in [3.8, 4) is 0 Å². The van der Waals surface area contributed by atoms with Crippen molar-refractivity contribution < 1.29 is 28.0 Å². The Hall–Kier alpha value is -3.56. The number of hydrogen-bond donors (Lipinski definition) is 3. The molecule has 0 unspecified atom stereocenters. The van der Waals surface area contributed by atoms with Crippen molar-refractivity contribution in [2.24, 2.45) is 0 Å². The Balaban J connectivity index is 1.92. The second-order valence-electron chi connectivity index (χ2n) is 8.12. The SMILES string of the molecule is CNC(=O)C(C)(C)NC(=O)C(=O)c1c(C)c(C(=O)Nc2ccc(F)c(F)c2)n2c1CCC2. The summed E-state index contributed by atoms with van der Waals surface area (Å²) in [6.07, 6.45) is 1.17. The molecule has 0 bridgehead atoms. The molecular formula is C22H24F2N4O4. The Kier molecular flexibility index (Phi) is 6.16. The fraction of sp³-hybridized carbons (Fsp3) is 0.364. The van der Waals surface area contributed by atoms with Gasteiger partial charge in [-0.2, -0.15) is 0 Å². The Morgan fingerprint density at radius 3 is 2.41 bits per heavy atom. The van der Waals surface area contributed by atoms with Gasteiger partial charge in [0.05, 0.1) is 5.56 Å². The Bertz CT molecular complexity index is 1140. The average molecular weight is 446 g/mol. The van der Waals surface area contributed by atoms with Gasteiger partial charge < -0.3 is 20.5 Å². The van der Waals surface area contributed by atoms with Gasteiger partial charge in [0.2, 0.25) is 5.91 Å². The highest BCUT2D eigenvalue weighted by molar-refractivity contribution is 6.44. The lowest BCUT2D eigenvalue weighted by Gasteiger charge is -2.23. The third kappa shape index (κ3) is 4.12. The molecule has 3 amide bonds. The first-order valence-electron chi connectivity index (χ1n) is 10.0. The fourth-order valence-electron chi connectivity index (χ4n) is 3.90. The third-order valence-corrected chi connectivity index (χ3v) is 5.46. The van der Waals surface area contributed by atoms with Crippen LogP contribution in [0.25, 0.3) is 0 Å². The van der Waals surface area contributed by atoms with E-state index < -0.39 is 40.7 Å². The zero-order valence-corrected chi connectivity index (χ0v) is 18.2. The van der Waals surface area contributed by atoms with Crippen LogP contribution < -0.4 is 16.0 Å². The summed E-state index contributed by atoms with van der Waals surface area (Å²) >= 11 is 0. The Labute approximate surface area is 183 Å². The highest BCUT2D eigenvalue weighted by atomic mass is 19.2. The summed E-state index contributed by atoms with van der Waals surface area (Å²) < 4.78 is 28.3. The van der Waals surface area contributed by atoms with Crippen molar-refractivity contribution >= 4 is 29.2 Å². The molecule has 0 atom stereocenters. The van der Waals surface area contributed by atoms with E-state index in [9.17, 15) is 28.0 Å². The molecule has 2 aromatic rings. The maximum absolute atomic E-state index is 13.5. The van der Waals surface area contributed by atoms with Crippen molar-refractivity contribution in [1.82, 2.24) is 15.2 Å². The highest BCUT2D eigenvalue weighted by Gasteiger charge is 2.36. The zero-order valence-electron chi connectivity index (χ0n) is 18.2. The van der Waals surface area contributed by atoms with Gasteiger partial charge in [-0.15, -0.1) is 0 Å². The number of rotatable bonds is 6. The largest absolute Gasteiger partial charge is 0.357 e. The van der Waals surface area contributed by atoms with Crippen molar-refractivity contribution in [3.05, 3.63) is 52.3 Å². The number of hydrogen-bond acceptors (Lipinski definition) is 4. The summed E-state index contributed by atoms with van der Waals surface area (Å²) in [5.74, 6) is -5.04. The molecule has 3 N–H and O–H groups in total. The number of halogens is 2. The second-order valence-corrected chi connectivity index (χ2v) is 8.12. The van der Waals surface area contributed by atoms with E-state index in [1.54, 1.807) is 11.5 Å². The third-order valence-electron chi connectivity index (χ3n) is 5.46. The van der Waals surface area contributed by atoms with E-state index in [1.165, 1.54) is 27.0 Å². The minimum Gasteiger partial charge on any atom is -0.357 e. The van der Waals surface area contributed by atoms with E-state index >= 15 is 0 Å². The number of benzene rings is 1. The van der Waals surface area contributed by atoms with Gasteiger partial charge in [0.15, 0.2) is 11.6 Å². The van der Waals surface area contributed by atoms with Crippen molar-refractivity contribution in [1.29, 1.82) is 0 Å². The molecule has 0 saturated carbocycles. The van der Waals surface area contributed by atoms with Crippen LogP contribution in [0.5, 0.6) is 0 Å². The van der Waals surface area contributed by atoms with E-state index in [4.69, 9.17) is 0 Å². The van der Waals surface area contributed by atoms with Crippen molar-refractivity contribution in [3.63, 3.8) is 0 Å². The molecule has 8 nitrogen and oxygen atoms in total. The maximum atomic E-state index is 13.5. The van der Waals surface area contributed by atoms with Gasteiger partial charge in [0, 0.05) is 31.0 Å². The smallest absolute Gasteiger partial charge is 0.293 e. The molecule has 10 heteroatoms. The first-order chi connectivity index (χ1) is 15.0. The van der Waals surface area contributed by atoms with Crippen LogP contribution in [-0.4, -0.2) is 40.7 Å². The standard InChI is InChI=1S/C22H24F2N4O4/c1-11-16(18(29)20(31)27-22(2,3)21(32)25-4)15-6-5-9-28(15)17(11)19(30)26-12-7-8-13(23)14(24)10-12/h7-8,10H,5-6,9H2,1-4H3,(H,25,32)(H,26,30)(H,27,31). The van der Waals surface area contributed by atoms with E-state index in [0.717, 1.165) is 12.1 Å². The van der Waals surface area contributed by atoms with Gasteiger partial charge >= 0.3 is 0 Å². The second kappa shape index (κ2) is 8.52. The van der Waals surface area contributed by atoms with Gasteiger partial charge in [0.25, 0.3) is 17.6 Å². The number of likely N-dealkylation sites (N-methyl/N-ethyl adjacent to an activating group) is 1. The molecule has 170 valence electrons. The molecule has 0 saturated heterocycles. The summed E-state index contributed by atoms with van der Waals surface area (Å²) in [6.45, 7) is 4.95. The van der Waals surface area contributed by atoms with Gasteiger partial charge in [-0.25, -0.2) is 8.78 Å². The highest BCUT2D eigenvalue weighted by Crippen LogP contribution is 2.30. The summed E-state index contributed by atoms with van der Waals surface area (Å²) in [7, 11) is 1.42. The molecule has 32 heavy (non-hydrogen) atoms. The van der Waals surface area contributed by atoms with E-state index in [0.29, 0.717) is 30.6 Å². The molecule has 2 heterocycles. The maximum Gasteiger partial charge on any atom is 0.293 e. The van der Waals surface area contributed by atoms with Crippen LogP contribution in [0.2, 0.25) is 0 Å². The number of anilines is 1. The number of aromatic nitrogens is 1. The van der Waals surface area contributed by atoms with Crippen LogP contribution in [0, 0.1) is 18.6 Å². The first-order valence-corrected chi connectivity index (χ1v) is 10.0. The number of carbonyl (C=O) groups is 4. The predicted octanol–water partition coefficient (Wildman–Crippen LogP) is 2.10. The number of nitrogens with zero attached hydrogens (tertiary/aromatic N) is 1. The number of ketones is 1. The van der Waals surface area contributed by atoms with Crippen molar-refractivity contribution in [2.75, 3.05) is 12.4 Å². The molecular weight excluding hydrogens is 422 g/mol. The number of carbonyl (C=O) groups excluding carboxylic acids is 4. The van der Waals surface area contributed by atoms with Gasteiger partial charge in [0.1, 0.15) is 11.2 Å². The minimum atomic E-state index is -1.31. The van der Waals surface area contributed by atoms with Crippen LogP contribution in [-0.2, 0) is 22.6 Å². The van der Waals surface area contributed by atoms with Crippen LogP contribution in [0.3, 0.4) is 0 Å². The quantitative estimate of drug-likeness (QED) is 0.466. The average Bonchev–Trinajstić information content (AvgIpc) is 3.28. The van der Waals surface area contributed by atoms with Crippen LogP contribution in [0.15, 0.2) is 18.2 Å². The number of amides is 3. The molecule has 0 aliphatic carbocycles. The lowest BCUT2D eigenvalue weighted by Crippen LogP contribution is -2.55. The molecule has 1 aromatic heterocycles. The molecule has 0 fully saturated rings. The summed E-state index contributed by atoms with van der Waals surface area (Å²) in [6, 6.07) is 2.98. The molecule has 3 rings (SSSR count). The molecule has 1 aliphatic rings. The van der Waals surface area contributed by atoms with E-state index in [-0.39, 0.29) is 16.9 Å². The summed E-state index contributed by atoms with van der Waals surface area (Å²) in [4.78, 5) is 50.5. The lowest BCUT2D eigenvalue weighted by atomic mass is 10.00. The van der Waals surface area contributed by atoms with E-state index in [2.05, 4.69) is 16.0 Å². The Morgan fingerprint density at radius 2 is 1.78 bits per heavy atom. The topological polar surface area (TPSA) is 109 Å². The minimum absolute atomic E-state index is 0.0554. The van der Waals surface area contributed by atoms with Crippen LogP contribution >= 0.6 is 0 Å². The summed E-state index contributed by atoms with van der Waals surface area (Å²) in [5.41, 5.74) is -0.120. The number of nitrogens with one attached hydrogen (secondary N) is 3. The first kappa shape index (κ1) is 23.1. The molecule has 0 radical (unpaired) electrons. The van der Waals surface area contributed by atoms with Gasteiger partial charge in [-0.3, -0.25) is 19.2 Å². The summed E-state index contributed by atoms with van der Waals surface area (Å²) in [5, 5.41) is 7.35. The molecule has 1 aromatic carbocycles. The monoisotopic (exact) mass is 446 g/mol. The number of Topliss-reactive ketones (excluding diaryl/α,β-unsaturated/α-hetero) is 1. The molecule has 1 aliphatic heterocycles. The van der Waals surface area contributed by atoms with E-state index in [1.807, 2.05) is 0 Å². The zero-order chi connectivity index (χ0) is 23.8. The van der Waals surface area contributed by atoms with Crippen LogP contribution in [0.1, 0.15) is 52.4 Å². The lowest BCUT2D eigenvalue weighted by molar-refractivity contribution is -0.130. The van der Waals surface area contributed by atoms with Gasteiger partial charge in [-0.05, 0) is 51.3 Å². The Morgan fingerprint density at radius 1 is 1.09 bits per heavy atom. The van der Waals surface area contributed by atoms with Crippen molar-refractivity contribution in [2.45, 2.75) is 45.7 Å².